The van der Waals surface area contributed by atoms with E-state index < -0.39 is 0 Å². The molecule has 1 fully saturated rings. The third kappa shape index (κ3) is 1.17. The van der Waals surface area contributed by atoms with Crippen molar-refractivity contribution in [1.29, 1.82) is 0 Å². The summed E-state index contributed by atoms with van der Waals surface area (Å²) in [5.41, 5.74) is 0.206. The van der Waals surface area contributed by atoms with Gasteiger partial charge in [-0.25, -0.2) is 0 Å². The Morgan fingerprint density at radius 1 is 1.58 bits per heavy atom. The molecule has 4 heteroatoms. The fraction of sp³-hybridized carbons (Fsp3) is 0.750. The van der Waals surface area contributed by atoms with Crippen LogP contribution >= 0.6 is 0 Å². The van der Waals surface area contributed by atoms with Crippen LogP contribution in [0, 0.1) is 0 Å². The molecule has 66 valence electrons. The Morgan fingerprint density at radius 2 is 2.33 bits per heavy atom. The lowest BCUT2D eigenvalue weighted by Gasteiger charge is -1.97. The molecule has 0 spiro atoms. The Morgan fingerprint density at radius 3 is 2.92 bits per heavy atom. The van der Waals surface area contributed by atoms with Gasteiger partial charge in [0.2, 0.25) is 0 Å². The van der Waals surface area contributed by atoms with Gasteiger partial charge in [0.05, 0.1) is 0 Å². The monoisotopic (exact) mass is 167 g/mol. The Balaban J connectivity index is 2.13. The first-order valence-electron chi connectivity index (χ1n) is 4.33. The minimum absolute atomic E-state index is 0.206. The third-order valence-corrected chi connectivity index (χ3v) is 2.29. The van der Waals surface area contributed by atoms with Gasteiger partial charge in [-0.15, -0.1) is 0 Å². The van der Waals surface area contributed by atoms with Gasteiger partial charge in [0.25, 0.3) is 0 Å². The molecule has 2 rings (SSSR count). The van der Waals surface area contributed by atoms with Crippen molar-refractivity contribution >= 4 is 6.01 Å². The second-order valence-electron chi connectivity index (χ2n) is 3.51. The lowest BCUT2D eigenvalue weighted by atomic mass is 10.1. The molecule has 12 heavy (non-hydrogen) atoms. The van der Waals surface area contributed by atoms with Crippen molar-refractivity contribution in [2.75, 3.05) is 11.9 Å². The maximum atomic E-state index is 5.00. The largest absolute Gasteiger partial charge is 0.338 e. The molecule has 1 N–H and O–H groups in total. The van der Waals surface area contributed by atoms with E-state index in [9.17, 15) is 0 Å². The first-order valence-corrected chi connectivity index (χ1v) is 4.33. The zero-order valence-corrected chi connectivity index (χ0v) is 7.42. The second-order valence-corrected chi connectivity index (χ2v) is 3.51. The van der Waals surface area contributed by atoms with E-state index in [2.05, 4.69) is 22.4 Å². The molecule has 0 aliphatic heterocycles. The van der Waals surface area contributed by atoms with E-state index in [1.54, 1.807) is 0 Å². The highest BCUT2D eigenvalue weighted by atomic mass is 16.5. The van der Waals surface area contributed by atoms with Crippen LogP contribution in [0.1, 0.15) is 32.5 Å². The summed E-state index contributed by atoms with van der Waals surface area (Å²) in [6, 6.07) is 0.542. The van der Waals surface area contributed by atoms with Crippen LogP contribution in [0.5, 0.6) is 0 Å². The Hall–Kier alpha value is -1.06. The molecule has 0 aromatic carbocycles. The molecule has 0 unspecified atom stereocenters. The summed E-state index contributed by atoms with van der Waals surface area (Å²) in [5.74, 6) is 0.846. The normalized spacial score (nSPS) is 19.2. The summed E-state index contributed by atoms with van der Waals surface area (Å²) in [6.07, 6.45) is 2.36. The van der Waals surface area contributed by atoms with Crippen LogP contribution in [0.15, 0.2) is 4.52 Å². The average Bonchev–Trinajstić information content (AvgIpc) is 2.64. The molecule has 0 bridgehead atoms. The van der Waals surface area contributed by atoms with Gasteiger partial charge in [0, 0.05) is 12.0 Å². The van der Waals surface area contributed by atoms with E-state index in [0.29, 0.717) is 6.01 Å². The summed E-state index contributed by atoms with van der Waals surface area (Å²) in [5, 5.41) is 6.91. The molecule has 0 amide bonds. The summed E-state index contributed by atoms with van der Waals surface area (Å²) in [4.78, 5) is 4.24. The SMILES string of the molecule is CCNc1nc(C2(C)CC2)no1. The van der Waals surface area contributed by atoms with Crippen molar-refractivity contribution in [2.45, 2.75) is 32.1 Å². The van der Waals surface area contributed by atoms with Crippen LogP contribution in [0.4, 0.5) is 6.01 Å². The van der Waals surface area contributed by atoms with E-state index in [-0.39, 0.29) is 5.41 Å². The minimum atomic E-state index is 0.206. The van der Waals surface area contributed by atoms with Crippen molar-refractivity contribution in [3.8, 4) is 0 Å². The van der Waals surface area contributed by atoms with Crippen molar-refractivity contribution in [3.05, 3.63) is 5.82 Å². The van der Waals surface area contributed by atoms with Crippen LogP contribution in [-0.2, 0) is 5.41 Å². The predicted molar refractivity (Wildman–Crippen MR) is 45.0 cm³/mol. The van der Waals surface area contributed by atoms with E-state index in [4.69, 9.17) is 4.52 Å². The van der Waals surface area contributed by atoms with Gasteiger partial charge in [-0.05, 0) is 19.8 Å². The third-order valence-electron chi connectivity index (χ3n) is 2.29. The maximum Gasteiger partial charge on any atom is 0.321 e. The molecule has 0 saturated heterocycles. The summed E-state index contributed by atoms with van der Waals surface area (Å²) in [6.45, 7) is 4.98. The molecule has 1 aliphatic carbocycles. The van der Waals surface area contributed by atoms with E-state index in [1.165, 1.54) is 12.8 Å². The van der Waals surface area contributed by atoms with E-state index in [1.807, 2.05) is 6.92 Å². The lowest BCUT2D eigenvalue weighted by molar-refractivity contribution is 0.416. The zero-order chi connectivity index (χ0) is 8.60. The maximum absolute atomic E-state index is 5.00. The van der Waals surface area contributed by atoms with E-state index in [0.717, 1.165) is 12.4 Å². The fourth-order valence-electron chi connectivity index (χ4n) is 1.10. The molecule has 1 aromatic heterocycles. The molecule has 4 nitrogen and oxygen atoms in total. The molecular weight excluding hydrogens is 154 g/mol. The van der Waals surface area contributed by atoms with Crippen molar-refractivity contribution in [1.82, 2.24) is 10.1 Å². The van der Waals surface area contributed by atoms with Crippen LogP contribution < -0.4 is 5.32 Å². The molecule has 0 radical (unpaired) electrons. The number of aromatic nitrogens is 2. The number of nitrogens with one attached hydrogen (secondary N) is 1. The highest BCUT2D eigenvalue weighted by molar-refractivity contribution is 5.23. The second kappa shape index (κ2) is 2.47. The van der Waals surface area contributed by atoms with Gasteiger partial charge in [0.1, 0.15) is 0 Å². The summed E-state index contributed by atoms with van der Waals surface area (Å²) < 4.78 is 5.00. The Labute approximate surface area is 71.4 Å². The van der Waals surface area contributed by atoms with Gasteiger partial charge in [-0.2, -0.15) is 4.98 Å². The van der Waals surface area contributed by atoms with Gasteiger partial charge in [0.15, 0.2) is 5.82 Å². The number of hydrogen-bond acceptors (Lipinski definition) is 4. The molecule has 0 atom stereocenters. The number of rotatable bonds is 3. The highest BCUT2D eigenvalue weighted by Crippen LogP contribution is 2.46. The first kappa shape index (κ1) is 7.58. The van der Waals surface area contributed by atoms with E-state index >= 15 is 0 Å². The fourth-order valence-corrected chi connectivity index (χ4v) is 1.10. The predicted octanol–water partition coefficient (Wildman–Crippen LogP) is 1.55. The molecule has 1 aromatic rings. The summed E-state index contributed by atoms with van der Waals surface area (Å²) in [7, 11) is 0. The number of nitrogens with zero attached hydrogens (tertiary/aromatic N) is 2. The number of hydrogen-bond donors (Lipinski definition) is 1. The Kier molecular flexibility index (Phi) is 1.56. The van der Waals surface area contributed by atoms with Crippen LogP contribution in [0.25, 0.3) is 0 Å². The van der Waals surface area contributed by atoms with Gasteiger partial charge in [-0.1, -0.05) is 12.1 Å². The minimum Gasteiger partial charge on any atom is -0.338 e. The van der Waals surface area contributed by atoms with Crippen LogP contribution in [0.3, 0.4) is 0 Å². The van der Waals surface area contributed by atoms with Crippen LogP contribution in [-0.4, -0.2) is 16.7 Å². The molecule has 1 saturated carbocycles. The van der Waals surface area contributed by atoms with Crippen molar-refractivity contribution in [2.24, 2.45) is 0 Å². The molecular formula is C8H13N3O. The molecule has 1 aliphatic rings. The first-order chi connectivity index (χ1) is 5.74. The van der Waals surface area contributed by atoms with Gasteiger partial charge < -0.3 is 9.84 Å². The Bertz CT molecular complexity index is 278. The quantitative estimate of drug-likeness (QED) is 0.742. The molecule has 1 heterocycles. The standard InChI is InChI=1S/C8H13N3O/c1-3-9-7-10-6(11-12-7)8(2)4-5-8/h3-5H2,1-2H3,(H,9,10,11). The van der Waals surface area contributed by atoms with Crippen molar-refractivity contribution in [3.63, 3.8) is 0 Å². The van der Waals surface area contributed by atoms with Crippen molar-refractivity contribution < 1.29 is 4.52 Å². The smallest absolute Gasteiger partial charge is 0.321 e. The topological polar surface area (TPSA) is 51.0 Å². The lowest BCUT2D eigenvalue weighted by Crippen LogP contribution is -2.03. The average molecular weight is 167 g/mol. The highest BCUT2D eigenvalue weighted by Gasteiger charge is 2.43. The van der Waals surface area contributed by atoms with Gasteiger partial charge >= 0.3 is 6.01 Å². The van der Waals surface area contributed by atoms with Gasteiger partial charge in [-0.3, -0.25) is 0 Å². The summed E-state index contributed by atoms with van der Waals surface area (Å²) >= 11 is 0. The van der Waals surface area contributed by atoms with Crippen LogP contribution in [0.2, 0.25) is 0 Å². The zero-order valence-electron chi connectivity index (χ0n) is 7.42. The number of anilines is 1.